The van der Waals surface area contributed by atoms with Gasteiger partial charge >= 0.3 is 0 Å². The zero-order chi connectivity index (χ0) is 15.6. The second kappa shape index (κ2) is 6.01. The van der Waals surface area contributed by atoms with Crippen LogP contribution >= 0.6 is 0 Å². The quantitative estimate of drug-likeness (QED) is 0.669. The lowest BCUT2D eigenvalue weighted by atomic mass is 10.0. The summed E-state index contributed by atoms with van der Waals surface area (Å²) < 4.78 is 5.18. The van der Waals surface area contributed by atoms with Gasteiger partial charge in [-0.1, -0.05) is 25.1 Å². The van der Waals surface area contributed by atoms with Crippen molar-refractivity contribution in [2.75, 3.05) is 0 Å². The van der Waals surface area contributed by atoms with Crippen molar-refractivity contribution in [2.45, 2.75) is 33.2 Å². The van der Waals surface area contributed by atoms with Gasteiger partial charge in [-0.05, 0) is 24.8 Å². The van der Waals surface area contributed by atoms with Gasteiger partial charge in [0.2, 0.25) is 11.7 Å². The van der Waals surface area contributed by atoms with E-state index >= 15 is 0 Å². The third-order valence-electron chi connectivity index (χ3n) is 3.16. The van der Waals surface area contributed by atoms with Gasteiger partial charge < -0.3 is 10.3 Å². The first kappa shape index (κ1) is 15.1. The van der Waals surface area contributed by atoms with Crippen molar-refractivity contribution in [3.8, 4) is 11.4 Å². The molecule has 0 aliphatic carbocycles. The molecule has 7 nitrogen and oxygen atoms in total. The van der Waals surface area contributed by atoms with Crippen molar-refractivity contribution in [1.82, 2.24) is 10.1 Å². The van der Waals surface area contributed by atoms with Gasteiger partial charge in [0.1, 0.15) is 0 Å². The molecular weight excluding hydrogens is 272 g/mol. The van der Waals surface area contributed by atoms with Crippen LogP contribution in [0.25, 0.3) is 11.4 Å². The lowest BCUT2D eigenvalue weighted by Gasteiger charge is -2.08. The van der Waals surface area contributed by atoms with Crippen LogP contribution in [-0.4, -0.2) is 15.1 Å². The van der Waals surface area contributed by atoms with Gasteiger partial charge in [0.05, 0.1) is 11.0 Å². The molecule has 2 aromatic rings. The summed E-state index contributed by atoms with van der Waals surface area (Å²) in [6.07, 6.45) is 0.732. The van der Waals surface area contributed by atoms with Gasteiger partial charge in [0.25, 0.3) is 5.69 Å². The Morgan fingerprint density at radius 1 is 1.43 bits per heavy atom. The molecule has 0 aliphatic heterocycles. The van der Waals surface area contributed by atoms with E-state index in [1.54, 1.807) is 6.07 Å². The normalized spacial score (nSPS) is 12.6. The Morgan fingerprint density at radius 2 is 2.14 bits per heavy atom. The second-order valence-electron chi connectivity index (χ2n) is 5.45. The van der Waals surface area contributed by atoms with Crippen LogP contribution in [0.5, 0.6) is 0 Å². The van der Waals surface area contributed by atoms with E-state index in [2.05, 4.69) is 24.0 Å². The molecule has 0 bridgehead atoms. The molecule has 0 amide bonds. The summed E-state index contributed by atoms with van der Waals surface area (Å²) in [5.41, 5.74) is 7.41. The Hall–Kier alpha value is -2.28. The average molecular weight is 290 g/mol. The highest BCUT2D eigenvalue weighted by molar-refractivity contribution is 5.63. The van der Waals surface area contributed by atoms with E-state index in [1.165, 1.54) is 12.1 Å². The van der Waals surface area contributed by atoms with Gasteiger partial charge in [-0.3, -0.25) is 10.1 Å². The van der Waals surface area contributed by atoms with Gasteiger partial charge in [0.15, 0.2) is 0 Å². The summed E-state index contributed by atoms with van der Waals surface area (Å²) in [6.45, 7) is 5.95. The van der Waals surface area contributed by atoms with Crippen LogP contribution < -0.4 is 5.73 Å². The van der Waals surface area contributed by atoms with Gasteiger partial charge in [0, 0.05) is 17.7 Å². The Bertz CT molecular complexity index is 651. The number of aryl methyl sites for hydroxylation is 1. The first-order chi connectivity index (χ1) is 9.88. The first-order valence-corrected chi connectivity index (χ1v) is 6.73. The van der Waals surface area contributed by atoms with Gasteiger partial charge in [-0.15, -0.1) is 0 Å². The van der Waals surface area contributed by atoms with Crippen molar-refractivity contribution in [3.63, 3.8) is 0 Å². The number of benzene rings is 1. The number of aromatic nitrogens is 2. The van der Waals surface area contributed by atoms with E-state index in [4.69, 9.17) is 10.3 Å². The van der Waals surface area contributed by atoms with E-state index in [9.17, 15) is 10.1 Å². The number of rotatable bonds is 5. The van der Waals surface area contributed by atoms with Gasteiger partial charge in [-0.25, -0.2) is 0 Å². The summed E-state index contributed by atoms with van der Waals surface area (Å²) in [5, 5.41) is 14.7. The lowest BCUT2D eigenvalue weighted by molar-refractivity contribution is -0.384. The Kier molecular flexibility index (Phi) is 4.32. The fourth-order valence-electron chi connectivity index (χ4n) is 2.07. The number of hydrogen-bond acceptors (Lipinski definition) is 6. The first-order valence-electron chi connectivity index (χ1n) is 6.73. The van der Waals surface area contributed by atoms with E-state index < -0.39 is 4.92 Å². The van der Waals surface area contributed by atoms with Crippen LogP contribution in [0.1, 0.15) is 37.8 Å². The molecule has 1 aromatic carbocycles. The molecule has 7 heteroatoms. The number of nitrogens with zero attached hydrogens (tertiary/aromatic N) is 3. The van der Waals surface area contributed by atoms with E-state index in [1.807, 2.05) is 6.92 Å². The number of nitro benzene ring substituents is 1. The maximum atomic E-state index is 10.9. The van der Waals surface area contributed by atoms with E-state index in [0.29, 0.717) is 23.2 Å². The average Bonchev–Trinajstić information content (AvgIpc) is 2.87. The van der Waals surface area contributed by atoms with Crippen LogP contribution in [0.4, 0.5) is 5.69 Å². The second-order valence-corrected chi connectivity index (χ2v) is 5.45. The van der Waals surface area contributed by atoms with Crippen molar-refractivity contribution in [1.29, 1.82) is 0 Å². The Morgan fingerprint density at radius 3 is 2.76 bits per heavy atom. The molecule has 1 heterocycles. The molecule has 0 fully saturated rings. The number of nitro groups is 1. The minimum Gasteiger partial charge on any atom is -0.337 e. The van der Waals surface area contributed by atoms with Crippen molar-refractivity contribution < 1.29 is 9.45 Å². The molecule has 21 heavy (non-hydrogen) atoms. The summed E-state index contributed by atoms with van der Waals surface area (Å²) in [6, 6.07) is 4.23. The molecule has 0 radical (unpaired) electrons. The Balaban J connectivity index is 2.33. The van der Waals surface area contributed by atoms with Crippen molar-refractivity contribution in [2.24, 2.45) is 11.7 Å². The highest BCUT2D eigenvalue weighted by Gasteiger charge is 2.19. The number of hydrogen-bond donors (Lipinski definition) is 1. The molecule has 2 rings (SSSR count). The molecule has 1 atom stereocenters. The zero-order valence-corrected chi connectivity index (χ0v) is 12.2. The van der Waals surface area contributed by atoms with Crippen molar-refractivity contribution >= 4 is 5.69 Å². The third kappa shape index (κ3) is 3.43. The molecule has 0 spiro atoms. The maximum Gasteiger partial charge on any atom is 0.270 e. The fourth-order valence-corrected chi connectivity index (χ4v) is 2.07. The molecular formula is C14H18N4O3. The topological polar surface area (TPSA) is 108 Å². The third-order valence-corrected chi connectivity index (χ3v) is 3.16. The lowest BCUT2D eigenvalue weighted by Crippen LogP contribution is -2.13. The predicted octanol–water partition coefficient (Wildman–Crippen LogP) is 3.00. The summed E-state index contributed by atoms with van der Waals surface area (Å²) in [7, 11) is 0. The smallest absolute Gasteiger partial charge is 0.270 e. The number of nitrogens with two attached hydrogens (primary N) is 1. The molecule has 0 saturated heterocycles. The summed E-state index contributed by atoms with van der Waals surface area (Å²) >= 11 is 0. The standard InChI is InChI=1S/C14H18N4O3/c1-8(2)6-12(15)14-16-13(17-21-14)11-7-10(18(19)20)5-4-9(11)3/h4-5,7-8,12H,6,15H2,1-3H3. The summed E-state index contributed by atoms with van der Waals surface area (Å²) in [4.78, 5) is 14.7. The fraction of sp³-hybridized carbons (Fsp3) is 0.429. The SMILES string of the molecule is Cc1ccc([N+](=O)[O-])cc1-c1noc(C(N)CC(C)C)n1. The van der Waals surface area contributed by atoms with Crippen molar-refractivity contribution in [3.05, 3.63) is 39.8 Å². The summed E-state index contributed by atoms with van der Waals surface area (Å²) in [5.74, 6) is 1.09. The van der Waals surface area contributed by atoms with Crippen LogP contribution in [0.3, 0.4) is 0 Å². The van der Waals surface area contributed by atoms with Crippen LogP contribution in [0.15, 0.2) is 22.7 Å². The zero-order valence-electron chi connectivity index (χ0n) is 12.2. The van der Waals surface area contributed by atoms with Gasteiger partial charge in [-0.2, -0.15) is 4.98 Å². The minimum atomic E-state index is -0.450. The molecule has 1 aromatic heterocycles. The monoisotopic (exact) mass is 290 g/mol. The van der Waals surface area contributed by atoms with Crippen LogP contribution in [0.2, 0.25) is 0 Å². The molecule has 112 valence electrons. The highest BCUT2D eigenvalue weighted by atomic mass is 16.6. The molecule has 0 aliphatic rings. The molecule has 0 saturated carbocycles. The van der Waals surface area contributed by atoms with Crippen LogP contribution in [-0.2, 0) is 0 Å². The minimum absolute atomic E-state index is 0.00608. The highest BCUT2D eigenvalue weighted by Crippen LogP contribution is 2.27. The molecule has 2 N–H and O–H groups in total. The maximum absolute atomic E-state index is 10.9. The number of non-ortho nitro benzene ring substituents is 1. The predicted molar refractivity (Wildman–Crippen MR) is 77.5 cm³/mol. The van der Waals surface area contributed by atoms with E-state index in [-0.39, 0.29) is 11.7 Å². The largest absolute Gasteiger partial charge is 0.337 e. The molecule has 1 unspecified atom stereocenters. The van der Waals surface area contributed by atoms with Crippen LogP contribution in [0, 0.1) is 23.0 Å². The van der Waals surface area contributed by atoms with E-state index in [0.717, 1.165) is 12.0 Å². The Labute approximate surface area is 122 Å².